The number of nitrogens with two attached hydrogens (primary N) is 2. The molecule has 0 radical (unpaired) electrons. The lowest BCUT2D eigenvalue weighted by atomic mass is 9.98. The second-order valence-corrected chi connectivity index (χ2v) is 4.96. The minimum Gasteiger partial charge on any atom is -0.402 e. The van der Waals surface area contributed by atoms with E-state index in [1.165, 1.54) is 5.56 Å². The van der Waals surface area contributed by atoms with Gasteiger partial charge in [-0.05, 0) is 31.0 Å². The highest BCUT2D eigenvalue weighted by Gasteiger charge is 2.10. The summed E-state index contributed by atoms with van der Waals surface area (Å²) in [5.74, 6) is 0.451. The monoisotopic (exact) mass is 280 g/mol. The van der Waals surface area contributed by atoms with Crippen molar-refractivity contribution >= 4 is 17.6 Å². The second-order valence-electron chi connectivity index (χ2n) is 4.96. The van der Waals surface area contributed by atoms with Crippen LogP contribution in [0.3, 0.4) is 0 Å². The summed E-state index contributed by atoms with van der Waals surface area (Å²) in [6.07, 6.45) is 3.50. The molecule has 21 heavy (non-hydrogen) atoms. The summed E-state index contributed by atoms with van der Waals surface area (Å²) in [5.41, 5.74) is 17.6. The Morgan fingerprint density at radius 2 is 2.00 bits per heavy atom. The van der Waals surface area contributed by atoms with Crippen LogP contribution in [0.1, 0.15) is 18.1 Å². The van der Waals surface area contributed by atoms with Gasteiger partial charge >= 0.3 is 0 Å². The van der Waals surface area contributed by atoms with Crippen molar-refractivity contribution in [2.75, 3.05) is 12.8 Å². The van der Waals surface area contributed by atoms with Crippen molar-refractivity contribution < 1.29 is 0 Å². The van der Waals surface area contributed by atoms with Crippen LogP contribution < -0.4 is 11.5 Å². The number of hydrogen-bond acceptors (Lipinski definition) is 4. The second kappa shape index (κ2) is 6.22. The summed E-state index contributed by atoms with van der Waals surface area (Å²) >= 11 is 0. The van der Waals surface area contributed by atoms with Gasteiger partial charge in [-0.2, -0.15) is 0 Å². The zero-order valence-electron chi connectivity index (χ0n) is 12.6. The highest BCUT2D eigenvalue weighted by atomic mass is 14.8. The molecule has 1 aromatic carbocycles. The highest BCUT2D eigenvalue weighted by Crippen LogP contribution is 2.28. The van der Waals surface area contributed by atoms with E-state index in [1.54, 1.807) is 19.5 Å². The number of hydrogen-bond donors (Lipinski definition) is 2. The number of nitrogens with zero attached hydrogens (tertiary/aromatic N) is 2. The Hall–Kier alpha value is -2.62. The Kier molecular flexibility index (Phi) is 4.38. The lowest BCUT2D eigenvalue weighted by Gasteiger charge is -2.11. The summed E-state index contributed by atoms with van der Waals surface area (Å²) in [4.78, 5) is 8.36. The van der Waals surface area contributed by atoms with Crippen molar-refractivity contribution in [3.63, 3.8) is 0 Å². The lowest BCUT2D eigenvalue weighted by molar-refractivity contribution is 1.29. The molecule has 4 heteroatoms. The van der Waals surface area contributed by atoms with Crippen molar-refractivity contribution in [2.45, 2.75) is 13.8 Å². The van der Waals surface area contributed by atoms with E-state index in [-0.39, 0.29) is 0 Å². The fourth-order valence-corrected chi connectivity index (χ4v) is 2.25. The fourth-order valence-electron chi connectivity index (χ4n) is 2.25. The smallest absolute Gasteiger partial charge is 0.131 e. The number of pyridine rings is 1. The Balaban J connectivity index is 2.63. The Bertz CT molecular complexity index is 710. The van der Waals surface area contributed by atoms with E-state index in [0.717, 1.165) is 22.3 Å². The van der Waals surface area contributed by atoms with Gasteiger partial charge in [0, 0.05) is 41.9 Å². The van der Waals surface area contributed by atoms with Gasteiger partial charge in [-0.25, -0.2) is 4.98 Å². The number of aryl methyl sites for hydroxylation is 1. The molecule has 0 fully saturated rings. The standard InChI is InChI=1S/C17H20N4/c1-11-6-4-5-7-14(11)13-8-15(17(19)21-9-13)16(10-20-3)12(2)18/h4-10H,18H2,1-3H3,(H2,19,21). The van der Waals surface area contributed by atoms with Crippen LogP contribution in [-0.2, 0) is 0 Å². The lowest BCUT2D eigenvalue weighted by Crippen LogP contribution is -2.04. The minimum atomic E-state index is 0.451. The first-order chi connectivity index (χ1) is 10.0. The summed E-state index contributed by atoms with van der Waals surface area (Å²) in [6, 6.07) is 10.2. The summed E-state index contributed by atoms with van der Waals surface area (Å²) in [5, 5.41) is 0. The van der Waals surface area contributed by atoms with Crippen LogP contribution in [0.2, 0.25) is 0 Å². The Labute approximate surface area is 125 Å². The van der Waals surface area contributed by atoms with E-state index < -0.39 is 0 Å². The van der Waals surface area contributed by atoms with Crippen molar-refractivity contribution in [1.29, 1.82) is 0 Å². The molecule has 0 aliphatic heterocycles. The van der Waals surface area contributed by atoms with E-state index in [4.69, 9.17) is 11.5 Å². The minimum absolute atomic E-state index is 0.451. The molecule has 0 spiro atoms. The first-order valence-electron chi connectivity index (χ1n) is 6.75. The summed E-state index contributed by atoms with van der Waals surface area (Å²) in [7, 11) is 1.71. The van der Waals surface area contributed by atoms with Crippen molar-refractivity contribution in [2.24, 2.45) is 10.7 Å². The average molecular weight is 280 g/mol. The van der Waals surface area contributed by atoms with E-state index in [0.29, 0.717) is 11.5 Å². The summed E-state index contributed by atoms with van der Waals surface area (Å²) in [6.45, 7) is 3.90. The third kappa shape index (κ3) is 3.11. The van der Waals surface area contributed by atoms with Crippen LogP contribution in [0.25, 0.3) is 16.7 Å². The van der Waals surface area contributed by atoms with Gasteiger partial charge in [-0.15, -0.1) is 0 Å². The number of allylic oxidation sites excluding steroid dienone is 2. The molecular formula is C17H20N4. The molecule has 1 heterocycles. The molecule has 0 aliphatic rings. The molecule has 4 N–H and O–H groups in total. The van der Waals surface area contributed by atoms with E-state index in [1.807, 2.05) is 25.1 Å². The van der Waals surface area contributed by atoms with Crippen LogP contribution in [0, 0.1) is 6.92 Å². The van der Waals surface area contributed by atoms with Crippen molar-refractivity contribution in [1.82, 2.24) is 4.98 Å². The predicted molar refractivity (Wildman–Crippen MR) is 90.0 cm³/mol. The molecule has 2 rings (SSSR count). The maximum atomic E-state index is 6.01. The van der Waals surface area contributed by atoms with Crippen LogP contribution in [0.15, 0.2) is 47.2 Å². The van der Waals surface area contributed by atoms with E-state index in [9.17, 15) is 0 Å². The van der Waals surface area contributed by atoms with Gasteiger partial charge in [0.1, 0.15) is 5.82 Å². The number of benzene rings is 1. The molecule has 0 bridgehead atoms. The topological polar surface area (TPSA) is 77.3 Å². The molecule has 0 atom stereocenters. The molecular weight excluding hydrogens is 260 g/mol. The fraction of sp³-hybridized carbons (Fsp3) is 0.176. The van der Waals surface area contributed by atoms with Crippen LogP contribution in [0.4, 0.5) is 5.82 Å². The molecule has 0 saturated carbocycles. The molecule has 0 amide bonds. The molecule has 0 unspecified atom stereocenters. The SMILES string of the molecule is CN=CC(=C(C)N)c1cc(-c2ccccc2C)cnc1N. The molecule has 4 nitrogen and oxygen atoms in total. The number of anilines is 1. The zero-order valence-corrected chi connectivity index (χ0v) is 12.6. The van der Waals surface area contributed by atoms with Gasteiger partial charge in [0.25, 0.3) is 0 Å². The summed E-state index contributed by atoms with van der Waals surface area (Å²) < 4.78 is 0. The van der Waals surface area contributed by atoms with Crippen LogP contribution in [0.5, 0.6) is 0 Å². The van der Waals surface area contributed by atoms with Crippen molar-refractivity contribution in [3.8, 4) is 11.1 Å². The quantitative estimate of drug-likeness (QED) is 0.848. The number of aromatic nitrogens is 1. The highest BCUT2D eigenvalue weighted by molar-refractivity contribution is 6.12. The molecule has 0 aliphatic carbocycles. The van der Waals surface area contributed by atoms with Gasteiger partial charge in [0.05, 0.1) is 0 Å². The molecule has 0 saturated heterocycles. The van der Waals surface area contributed by atoms with Gasteiger partial charge in [-0.3, -0.25) is 4.99 Å². The van der Waals surface area contributed by atoms with Gasteiger partial charge in [-0.1, -0.05) is 24.3 Å². The Morgan fingerprint density at radius 1 is 1.29 bits per heavy atom. The first-order valence-corrected chi connectivity index (χ1v) is 6.75. The van der Waals surface area contributed by atoms with Crippen LogP contribution in [-0.4, -0.2) is 18.2 Å². The third-order valence-electron chi connectivity index (χ3n) is 3.35. The Morgan fingerprint density at radius 3 is 2.62 bits per heavy atom. The zero-order chi connectivity index (χ0) is 15.4. The van der Waals surface area contributed by atoms with Crippen LogP contribution >= 0.6 is 0 Å². The maximum Gasteiger partial charge on any atom is 0.131 e. The maximum absolute atomic E-state index is 6.01. The normalized spacial score (nSPS) is 12.5. The van der Waals surface area contributed by atoms with Gasteiger partial charge in [0.2, 0.25) is 0 Å². The number of nitrogen functional groups attached to an aromatic ring is 1. The predicted octanol–water partition coefficient (Wildman–Crippen LogP) is 3.03. The van der Waals surface area contributed by atoms with E-state index >= 15 is 0 Å². The number of rotatable bonds is 3. The molecule has 108 valence electrons. The number of aliphatic imine (C=N–C) groups is 1. The van der Waals surface area contributed by atoms with Gasteiger partial charge in [0.15, 0.2) is 0 Å². The van der Waals surface area contributed by atoms with Gasteiger partial charge < -0.3 is 11.5 Å². The molecule has 1 aromatic heterocycles. The molecule has 2 aromatic rings. The van der Waals surface area contributed by atoms with E-state index in [2.05, 4.69) is 29.0 Å². The largest absolute Gasteiger partial charge is 0.402 e. The average Bonchev–Trinajstić information content (AvgIpc) is 2.46. The third-order valence-corrected chi connectivity index (χ3v) is 3.35. The van der Waals surface area contributed by atoms with Crippen molar-refractivity contribution in [3.05, 3.63) is 53.4 Å². The first kappa shape index (κ1) is 14.8.